The average molecular weight is 452 g/mol. The first-order chi connectivity index (χ1) is 12.0. The minimum absolute atomic E-state index is 0.245. The normalized spacial score (nSPS) is 10.7. The third-order valence-electron chi connectivity index (χ3n) is 3.28. The molecule has 0 aliphatic carbocycles. The highest BCUT2D eigenvalue weighted by molar-refractivity contribution is 14.1. The second-order valence-electron chi connectivity index (χ2n) is 5.26. The molecule has 25 heavy (non-hydrogen) atoms. The molecule has 0 aliphatic heterocycles. The molecule has 0 fully saturated rings. The van der Waals surface area contributed by atoms with Crippen molar-refractivity contribution in [3.05, 3.63) is 56.7 Å². The Balaban J connectivity index is 2.13. The summed E-state index contributed by atoms with van der Waals surface area (Å²) in [6.07, 6.45) is 1.59. The molecule has 2 rings (SSSR count). The van der Waals surface area contributed by atoms with Gasteiger partial charge in [-0.05, 0) is 73.2 Å². The number of hydrazone groups is 1. The van der Waals surface area contributed by atoms with Gasteiger partial charge in [0.2, 0.25) is 0 Å². The predicted molar refractivity (Wildman–Crippen MR) is 108 cm³/mol. The molecular formula is C19H21IN2O3. The van der Waals surface area contributed by atoms with Gasteiger partial charge in [-0.25, -0.2) is 5.43 Å². The first-order valence-electron chi connectivity index (χ1n) is 8.04. The lowest BCUT2D eigenvalue weighted by Gasteiger charge is -2.13. The molecule has 0 saturated carbocycles. The minimum atomic E-state index is -0.245. The first kappa shape index (κ1) is 19.2. The Morgan fingerprint density at radius 1 is 1.20 bits per heavy atom. The van der Waals surface area contributed by atoms with Gasteiger partial charge < -0.3 is 9.47 Å². The molecule has 1 amide bonds. The molecule has 0 spiro atoms. The summed E-state index contributed by atoms with van der Waals surface area (Å²) in [7, 11) is 0. The number of hydrogen-bond acceptors (Lipinski definition) is 4. The summed E-state index contributed by atoms with van der Waals surface area (Å²) in [4.78, 5) is 12.1. The zero-order valence-corrected chi connectivity index (χ0v) is 16.7. The van der Waals surface area contributed by atoms with Gasteiger partial charge in [-0.1, -0.05) is 17.7 Å². The summed E-state index contributed by atoms with van der Waals surface area (Å²) < 4.78 is 12.2. The number of nitrogens with one attached hydrogen (secondary N) is 1. The number of nitrogens with zero attached hydrogens (tertiary/aromatic N) is 1. The maximum absolute atomic E-state index is 12.1. The number of halogens is 1. The fourth-order valence-electron chi connectivity index (χ4n) is 2.23. The van der Waals surface area contributed by atoms with Crippen LogP contribution in [-0.4, -0.2) is 25.3 Å². The van der Waals surface area contributed by atoms with Crippen LogP contribution in [0, 0.1) is 10.5 Å². The van der Waals surface area contributed by atoms with Crippen molar-refractivity contribution < 1.29 is 14.3 Å². The lowest BCUT2D eigenvalue weighted by molar-refractivity contribution is 0.0955. The molecule has 0 saturated heterocycles. The Morgan fingerprint density at radius 2 is 1.96 bits per heavy atom. The van der Waals surface area contributed by atoms with Crippen LogP contribution in [0.3, 0.4) is 0 Å². The summed E-state index contributed by atoms with van der Waals surface area (Å²) in [6, 6.07) is 11.1. The average Bonchev–Trinajstić information content (AvgIpc) is 2.58. The van der Waals surface area contributed by atoms with Crippen molar-refractivity contribution in [2.75, 3.05) is 13.2 Å². The van der Waals surface area contributed by atoms with E-state index in [-0.39, 0.29) is 5.91 Å². The fourth-order valence-corrected chi connectivity index (χ4v) is 3.01. The second kappa shape index (κ2) is 9.41. The van der Waals surface area contributed by atoms with Crippen molar-refractivity contribution in [1.29, 1.82) is 0 Å². The highest BCUT2D eigenvalue weighted by Crippen LogP contribution is 2.33. The van der Waals surface area contributed by atoms with Gasteiger partial charge in [-0.3, -0.25) is 4.79 Å². The molecule has 0 aromatic heterocycles. The number of amides is 1. The summed E-state index contributed by atoms with van der Waals surface area (Å²) in [5, 5.41) is 4.04. The van der Waals surface area contributed by atoms with Crippen LogP contribution in [-0.2, 0) is 0 Å². The third-order valence-corrected chi connectivity index (χ3v) is 4.08. The van der Waals surface area contributed by atoms with Crippen molar-refractivity contribution in [2.24, 2.45) is 5.10 Å². The van der Waals surface area contributed by atoms with E-state index in [4.69, 9.17) is 9.47 Å². The molecule has 0 bridgehead atoms. The Kier molecular flexibility index (Phi) is 7.24. The molecule has 0 aliphatic rings. The van der Waals surface area contributed by atoms with Crippen LogP contribution in [0.5, 0.6) is 11.5 Å². The van der Waals surface area contributed by atoms with E-state index in [0.717, 1.165) is 20.4 Å². The first-order valence-corrected chi connectivity index (χ1v) is 9.12. The Labute approximate surface area is 161 Å². The van der Waals surface area contributed by atoms with Crippen molar-refractivity contribution in [3.8, 4) is 11.5 Å². The Hall–Kier alpha value is -2.09. The van der Waals surface area contributed by atoms with Crippen LogP contribution in [0.1, 0.15) is 35.3 Å². The van der Waals surface area contributed by atoms with E-state index < -0.39 is 0 Å². The molecule has 2 aromatic rings. The van der Waals surface area contributed by atoms with E-state index in [1.54, 1.807) is 12.3 Å². The third kappa shape index (κ3) is 5.45. The van der Waals surface area contributed by atoms with Gasteiger partial charge in [0.05, 0.1) is 23.0 Å². The van der Waals surface area contributed by atoms with Crippen molar-refractivity contribution >= 4 is 34.7 Å². The molecule has 0 heterocycles. The van der Waals surface area contributed by atoms with Crippen LogP contribution < -0.4 is 14.9 Å². The van der Waals surface area contributed by atoms with Gasteiger partial charge >= 0.3 is 0 Å². The standard InChI is InChI=1S/C19H21IN2O3/c1-4-24-17-11-14(10-16(20)18(17)25-5-2)12-21-22-19(23)15-8-6-7-13(3)9-15/h6-12H,4-5H2,1-3H3,(H,22,23)/b21-12-. The number of carbonyl (C=O) groups excluding carboxylic acids is 1. The lowest BCUT2D eigenvalue weighted by atomic mass is 10.1. The van der Waals surface area contributed by atoms with Crippen molar-refractivity contribution in [1.82, 2.24) is 5.43 Å². The zero-order chi connectivity index (χ0) is 18.2. The van der Waals surface area contributed by atoms with Gasteiger partial charge in [0, 0.05) is 5.56 Å². The topological polar surface area (TPSA) is 59.9 Å². The lowest BCUT2D eigenvalue weighted by Crippen LogP contribution is -2.17. The van der Waals surface area contributed by atoms with E-state index in [9.17, 15) is 4.79 Å². The maximum atomic E-state index is 12.1. The predicted octanol–water partition coefficient (Wildman–Crippen LogP) is 4.16. The van der Waals surface area contributed by atoms with E-state index in [1.807, 2.05) is 51.1 Å². The van der Waals surface area contributed by atoms with Gasteiger partial charge in [0.1, 0.15) is 0 Å². The highest BCUT2D eigenvalue weighted by atomic mass is 127. The number of benzene rings is 2. The summed E-state index contributed by atoms with van der Waals surface area (Å²) >= 11 is 2.20. The largest absolute Gasteiger partial charge is 0.490 e. The number of aryl methyl sites for hydroxylation is 1. The number of hydrogen-bond donors (Lipinski definition) is 1. The fraction of sp³-hybridized carbons (Fsp3) is 0.263. The molecule has 0 atom stereocenters. The molecule has 5 nitrogen and oxygen atoms in total. The number of carbonyl (C=O) groups is 1. The Bertz CT molecular complexity index is 775. The summed E-state index contributed by atoms with van der Waals surface area (Å²) in [6.45, 7) is 6.90. The van der Waals surface area contributed by atoms with E-state index in [1.165, 1.54) is 0 Å². The van der Waals surface area contributed by atoms with Crippen molar-refractivity contribution in [2.45, 2.75) is 20.8 Å². The highest BCUT2D eigenvalue weighted by Gasteiger charge is 2.11. The quantitative estimate of drug-likeness (QED) is 0.390. The maximum Gasteiger partial charge on any atom is 0.271 e. The second-order valence-corrected chi connectivity index (χ2v) is 6.43. The molecule has 0 unspecified atom stereocenters. The molecule has 132 valence electrons. The number of ether oxygens (including phenoxy) is 2. The van der Waals surface area contributed by atoms with Crippen LogP contribution in [0.15, 0.2) is 41.5 Å². The van der Waals surface area contributed by atoms with E-state index >= 15 is 0 Å². The van der Waals surface area contributed by atoms with Crippen LogP contribution in [0.2, 0.25) is 0 Å². The molecule has 2 aromatic carbocycles. The minimum Gasteiger partial charge on any atom is -0.490 e. The van der Waals surface area contributed by atoms with Gasteiger partial charge in [0.15, 0.2) is 11.5 Å². The molecule has 6 heteroatoms. The van der Waals surface area contributed by atoms with Gasteiger partial charge in [0.25, 0.3) is 5.91 Å². The molecule has 0 radical (unpaired) electrons. The SMILES string of the molecule is CCOc1cc(/C=N\NC(=O)c2cccc(C)c2)cc(I)c1OCC. The van der Waals surface area contributed by atoms with Crippen molar-refractivity contribution in [3.63, 3.8) is 0 Å². The van der Waals surface area contributed by atoms with Gasteiger partial charge in [-0.15, -0.1) is 0 Å². The van der Waals surface area contributed by atoms with E-state index in [0.29, 0.717) is 24.5 Å². The molecule has 1 N–H and O–H groups in total. The summed E-state index contributed by atoms with van der Waals surface area (Å²) in [5.74, 6) is 1.15. The van der Waals surface area contributed by atoms with Gasteiger partial charge in [-0.2, -0.15) is 5.10 Å². The monoisotopic (exact) mass is 452 g/mol. The summed E-state index contributed by atoms with van der Waals surface area (Å²) in [5.41, 5.74) is 4.97. The number of rotatable bonds is 7. The van der Waals surface area contributed by atoms with E-state index in [2.05, 4.69) is 33.1 Å². The zero-order valence-electron chi connectivity index (χ0n) is 14.5. The molecular weight excluding hydrogens is 431 g/mol. The van der Waals surface area contributed by atoms with Crippen LogP contribution in [0.25, 0.3) is 0 Å². The Morgan fingerprint density at radius 3 is 2.64 bits per heavy atom. The van der Waals surface area contributed by atoms with Crippen LogP contribution >= 0.6 is 22.6 Å². The van der Waals surface area contributed by atoms with Crippen LogP contribution in [0.4, 0.5) is 0 Å². The smallest absolute Gasteiger partial charge is 0.271 e.